The number of nitrogens with zero attached hydrogens (tertiary/aromatic N) is 2. The molecule has 1 amide bonds. The van der Waals surface area contributed by atoms with E-state index in [0.29, 0.717) is 37.1 Å². The van der Waals surface area contributed by atoms with Gasteiger partial charge in [0.2, 0.25) is 6.41 Å². The molecule has 0 radical (unpaired) electrons. The van der Waals surface area contributed by atoms with Gasteiger partial charge in [0.05, 0.1) is 19.4 Å². The third-order valence-electron chi connectivity index (χ3n) is 2.57. The first kappa shape index (κ1) is 10.9. The van der Waals surface area contributed by atoms with Gasteiger partial charge in [-0.15, -0.1) is 5.10 Å². The van der Waals surface area contributed by atoms with Gasteiger partial charge in [-0.1, -0.05) is 6.92 Å². The molecule has 1 fully saturated rings. The molecule has 0 saturated carbocycles. The summed E-state index contributed by atoms with van der Waals surface area (Å²) in [5.41, 5.74) is 0.580. The number of nitrogens with one attached hydrogen (secondary N) is 1. The largest absolute Gasteiger partial charge is 0.469 e. The highest BCUT2D eigenvalue weighted by Crippen LogP contribution is 2.25. The molecule has 1 aliphatic heterocycles. The molecule has 0 spiro atoms. The van der Waals surface area contributed by atoms with Crippen molar-refractivity contribution in [2.45, 2.75) is 13.0 Å². The number of carbonyl (C=O) groups is 1. The summed E-state index contributed by atoms with van der Waals surface area (Å²) in [6.45, 7) is 3.33. The minimum atomic E-state index is 0.00195. The Labute approximate surface area is 93.5 Å². The molecule has 6 heteroatoms. The number of aromatic nitrogens is 2. The second-order valence-corrected chi connectivity index (χ2v) is 3.95. The number of anilines is 1. The van der Waals surface area contributed by atoms with Gasteiger partial charge in [-0.3, -0.25) is 9.48 Å². The maximum Gasteiger partial charge on any atom is 0.257 e. The zero-order chi connectivity index (χ0) is 11.5. The van der Waals surface area contributed by atoms with Crippen LogP contribution in [-0.4, -0.2) is 35.5 Å². The predicted octanol–water partition coefficient (Wildman–Crippen LogP) is 0.402. The van der Waals surface area contributed by atoms with Crippen molar-refractivity contribution in [3.63, 3.8) is 0 Å². The topological polar surface area (TPSA) is 65.4 Å². The quantitative estimate of drug-likeness (QED) is 0.753. The Balaban J connectivity index is 2.10. The number of rotatable bonds is 4. The number of carbonyl (C=O) groups excluding carboxylic acids is 1. The number of hydrogen-bond acceptors (Lipinski definition) is 4. The van der Waals surface area contributed by atoms with Crippen molar-refractivity contribution in [3.8, 4) is 5.88 Å². The van der Waals surface area contributed by atoms with Crippen molar-refractivity contribution >= 4 is 12.1 Å². The highest BCUT2D eigenvalue weighted by molar-refractivity contribution is 5.73. The Kier molecular flexibility index (Phi) is 3.09. The van der Waals surface area contributed by atoms with E-state index in [1.807, 2.05) is 0 Å². The maximum atomic E-state index is 10.4. The molecule has 1 N–H and O–H groups in total. The lowest BCUT2D eigenvalue weighted by molar-refractivity contribution is -0.105. The SMILES string of the molecule is C[C@@H]1COC[C@H]1Oc1nn(C)cc1NC=O. The molecule has 0 bridgehead atoms. The maximum absolute atomic E-state index is 10.4. The molecule has 2 atom stereocenters. The Morgan fingerprint density at radius 3 is 3.12 bits per heavy atom. The van der Waals surface area contributed by atoms with Gasteiger partial charge in [-0.25, -0.2) is 0 Å². The number of aryl methyl sites for hydroxylation is 1. The van der Waals surface area contributed by atoms with E-state index < -0.39 is 0 Å². The Hall–Kier alpha value is -1.56. The van der Waals surface area contributed by atoms with Crippen LogP contribution in [0.3, 0.4) is 0 Å². The van der Waals surface area contributed by atoms with E-state index >= 15 is 0 Å². The van der Waals surface area contributed by atoms with Gasteiger partial charge in [0.1, 0.15) is 11.8 Å². The van der Waals surface area contributed by atoms with Crippen molar-refractivity contribution in [2.24, 2.45) is 13.0 Å². The minimum Gasteiger partial charge on any atom is -0.469 e. The van der Waals surface area contributed by atoms with E-state index in [4.69, 9.17) is 9.47 Å². The fourth-order valence-corrected chi connectivity index (χ4v) is 1.65. The lowest BCUT2D eigenvalue weighted by atomic mass is 10.1. The number of amides is 1. The molecular weight excluding hydrogens is 210 g/mol. The van der Waals surface area contributed by atoms with Gasteiger partial charge in [-0.2, -0.15) is 0 Å². The summed E-state index contributed by atoms with van der Waals surface area (Å²) < 4.78 is 12.6. The summed E-state index contributed by atoms with van der Waals surface area (Å²) in [6, 6.07) is 0. The van der Waals surface area contributed by atoms with Crippen LogP contribution in [0.15, 0.2) is 6.20 Å². The van der Waals surface area contributed by atoms with Crippen molar-refractivity contribution in [2.75, 3.05) is 18.5 Å². The van der Waals surface area contributed by atoms with Crippen molar-refractivity contribution in [1.29, 1.82) is 0 Å². The van der Waals surface area contributed by atoms with E-state index in [1.54, 1.807) is 17.9 Å². The lowest BCUT2D eigenvalue weighted by Gasteiger charge is -2.14. The average molecular weight is 225 g/mol. The van der Waals surface area contributed by atoms with Crippen LogP contribution in [0, 0.1) is 5.92 Å². The van der Waals surface area contributed by atoms with E-state index in [1.165, 1.54) is 0 Å². The first-order valence-corrected chi connectivity index (χ1v) is 5.19. The van der Waals surface area contributed by atoms with Gasteiger partial charge in [0.15, 0.2) is 0 Å². The molecular formula is C10H15N3O3. The molecule has 2 rings (SSSR count). The van der Waals surface area contributed by atoms with Crippen LogP contribution in [0.4, 0.5) is 5.69 Å². The van der Waals surface area contributed by atoms with E-state index in [2.05, 4.69) is 17.3 Å². The summed E-state index contributed by atoms with van der Waals surface area (Å²) in [5.74, 6) is 0.781. The molecule has 1 aliphatic rings. The monoisotopic (exact) mass is 225 g/mol. The molecule has 1 aromatic heterocycles. The summed E-state index contributed by atoms with van der Waals surface area (Å²) in [6.07, 6.45) is 2.31. The van der Waals surface area contributed by atoms with Crippen molar-refractivity contribution in [1.82, 2.24) is 9.78 Å². The molecule has 88 valence electrons. The first-order chi connectivity index (χ1) is 7.70. The highest BCUT2D eigenvalue weighted by atomic mass is 16.6. The molecule has 2 heterocycles. The molecule has 0 unspecified atom stereocenters. The molecule has 0 aromatic carbocycles. The fraction of sp³-hybridized carbons (Fsp3) is 0.600. The van der Waals surface area contributed by atoms with Gasteiger partial charge < -0.3 is 14.8 Å². The zero-order valence-corrected chi connectivity index (χ0v) is 9.34. The molecule has 1 saturated heterocycles. The second kappa shape index (κ2) is 4.52. The molecule has 16 heavy (non-hydrogen) atoms. The summed E-state index contributed by atoms with van der Waals surface area (Å²) in [7, 11) is 1.78. The summed E-state index contributed by atoms with van der Waals surface area (Å²) in [5, 5.41) is 6.70. The standard InChI is InChI=1S/C10H15N3O3/c1-7-4-15-5-9(7)16-10-8(11-6-14)3-13(2)12-10/h3,6-7,9H,4-5H2,1-2H3,(H,11,14)/t7-,9-/m1/s1. The average Bonchev–Trinajstić information content (AvgIpc) is 2.77. The Morgan fingerprint density at radius 1 is 1.69 bits per heavy atom. The summed E-state index contributed by atoms with van der Waals surface area (Å²) in [4.78, 5) is 10.4. The smallest absolute Gasteiger partial charge is 0.257 e. The molecule has 0 aliphatic carbocycles. The van der Waals surface area contributed by atoms with Gasteiger partial charge >= 0.3 is 0 Å². The van der Waals surface area contributed by atoms with Crippen molar-refractivity contribution < 1.29 is 14.3 Å². The Bertz CT molecular complexity index is 377. The fourth-order valence-electron chi connectivity index (χ4n) is 1.65. The predicted molar refractivity (Wildman–Crippen MR) is 57.3 cm³/mol. The summed E-state index contributed by atoms with van der Waals surface area (Å²) >= 11 is 0. The zero-order valence-electron chi connectivity index (χ0n) is 9.34. The Morgan fingerprint density at radius 2 is 2.50 bits per heavy atom. The molecule has 6 nitrogen and oxygen atoms in total. The first-order valence-electron chi connectivity index (χ1n) is 5.19. The van der Waals surface area contributed by atoms with Crippen LogP contribution in [0.5, 0.6) is 5.88 Å². The van der Waals surface area contributed by atoms with Crippen LogP contribution in [0.1, 0.15) is 6.92 Å². The van der Waals surface area contributed by atoms with E-state index in [9.17, 15) is 4.79 Å². The van der Waals surface area contributed by atoms with Crippen molar-refractivity contribution in [3.05, 3.63) is 6.20 Å². The van der Waals surface area contributed by atoms with Gasteiger partial charge in [-0.05, 0) is 0 Å². The van der Waals surface area contributed by atoms with E-state index in [-0.39, 0.29) is 6.10 Å². The van der Waals surface area contributed by atoms with Gasteiger partial charge in [0.25, 0.3) is 5.88 Å². The van der Waals surface area contributed by atoms with Crippen LogP contribution in [0.25, 0.3) is 0 Å². The second-order valence-electron chi connectivity index (χ2n) is 3.95. The third kappa shape index (κ3) is 2.16. The minimum absolute atomic E-state index is 0.00195. The van der Waals surface area contributed by atoms with Gasteiger partial charge in [0, 0.05) is 13.0 Å². The van der Waals surface area contributed by atoms with Crippen LogP contribution < -0.4 is 10.1 Å². The normalized spacial score (nSPS) is 24.4. The van der Waals surface area contributed by atoms with Crippen LogP contribution in [0.2, 0.25) is 0 Å². The van der Waals surface area contributed by atoms with Crippen LogP contribution in [-0.2, 0) is 16.6 Å². The molecule has 1 aromatic rings. The number of hydrogen-bond donors (Lipinski definition) is 1. The lowest BCUT2D eigenvalue weighted by Crippen LogP contribution is -2.23. The highest BCUT2D eigenvalue weighted by Gasteiger charge is 2.27. The van der Waals surface area contributed by atoms with Crippen LogP contribution >= 0.6 is 0 Å². The van der Waals surface area contributed by atoms with E-state index in [0.717, 1.165) is 0 Å². The third-order valence-corrected chi connectivity index (χ3v) is 2.57. The number of ether oxygens (including phenoxy) is 2.